The Bertz CT molecular complexity index is 492. The first-order valence-electron chi connectivity index (χ1n) is 4.67. The van der Waals surface area contributed by atoms with Crippen molar-refractivity contribution < 1.29 is 13.4 Å². The number of benzene rings is 1. The molecule has 1 amide bonds. The molecule has 2 unspecified atom stereocenters. The zero-order chi connectivity index (χ0) is 11.9. The van der Waals surface area contributed by atoms with Crippen LogP contribution in [0.3, 0.4) is 0 Å². The van der Waals surface area contributed by atoms with E-state index in [2.05, 4.69) is 5.32 Å². The molecule has 2 atom stereocenters. The molecule has 0 radical (unpaired) electrons. The molecule has 1 aliphatic rings. The standard InChI is InChI=1S/C10H9ClFNO2S/c1-5-4-16(15)9-3-7(12)6(11)2-8(9)13-10(5)14/h2-3,5H,4H2,1H3,(H,13,14). The average molecular weight is 262 g/mol. The van der Waals surface area contributed by atoms with Crippen molar-refractivity contribution in [2.24, 2.45) is 5.92 Å². The van der Waals surface area contributed by atoms with Crippen LogP contribution in [0.2, 0.25) is 5.02 Å². The van der Waals surface area contributed by atoms with Gasteiger partial charge in [0.05, 0.1) is 26.4 Å². The molecule has 0 aliphatic carbocycles. The van der Waals surface area contributed by atoms with Crippen molar-refractivity contribution in [3.8, 4) is 0 Å². The Morgan fingerprint density at radius 2 is 2.25 bits per heavy atom. The predicted octanol–water partition coefficient (Wildman–Crippen LogP) is 2.17. The van der Waals surface area contributed by atoms with Crippen LogP contribution in [0.5, 0.6) is 0 Å². The molecular formula is C10H9ClFNO2S. The zero-order valence-corrected chi connectivity index (χ0v) is 9.99. The van der Waals surface area contributed by atoms with Crippen LogP contribution in [0.15, 0.2) is 17.0 Å². The number of carbonyl (C=O) groups is 1. The van der Waals surface area contributed by atoms with Gasteiger partial charge in [-0.3, -0.25) is 9.00 Å². The number of hydrogen-bond donors (Lipinski definition) is 1. The lowest BCUT2D eigenvalue weighted by atomic mass is 10.2. The van der Waals surface area contributed by atoms with Crippen LogP contribution in [-0.2, 0) is 15.6 Å². The number of nitrogens with one attached hydrogen (secondary N) is 1. The molecule has 1 N–H and O–H groups in total. The lowest BCUT2D eigenvalue weighted by molar-refractivity contribution is -0.118. The molecule has 3 nitrogen and oxygen atoms in total. The molecule has 0 saturated carbocycles. The Hall–Kier alpha value is -0.940. The van der Waals surface area contributed by atoms with Gasteiger partial charge < -0.3 is 5.32 Å². The molecule has 0 aromatic heterocycles. The van der Waals surface area contributed by atoms with Gasteiger partial charge in [-0.2, -0.15) is 0 Å². The third kappa shape index (κ3) is 1.97. The zero-order valence-electron chi connectivity index (χ0n) is 8.42. The van der Waals surface area contributed by atoms with Gasteiger partial charge in [-0.15, -0.1) is 0 Å². The van der Waals surface area contributed by atoms with Crippen LogP contribution in [0.4, 0.5) is 10.1 Å². The predicted molar refractivity (Wildman–Crippen MR) is 60.5 cm³/mol. The Balaban J connectivity index is 2.56. The molecule has 16 heavy (non-hydrogen) atoms. The van der Waals surface area contributed by atoms with Gasteiger partial charge in [0.2, 0.25) is 5.91 Å². The lowest BCUT2D eigenvalue weighted by Gasteiger charge is -2.07. The number of amides is 1. The number of fused-ring (bicyclic) bond motifs is 1. The van der Waals surface area contributed by atoms with Crippen molar-refractivity contribution in [2.75, 3.05) is 11.1 Å². The maximum Gasteiger partial charge on any atom is 0.228 e. The number of halogens is 2. The normalized spacial score (nSPS) is 24.6. The van der Waals surface area contributed by atoms with Gasteiger partial charge in [-0.1, -0.05) is 18.5 Å². The first-order valence-corrected chi connectivity index (χ1v) is 6.37. The van der Waals surface area contributed by atoms with Gasteiger partial charge in [-0.25, -0.2) is 4.39 Å². The fourth-order valence-corrected chi connectivity index (χ4v) is 3.00. The topological polar surface area (TPSA) is 46.2 Å². The van der Waals surface area contributed by atoms with Crippen molar-refractivity contribution in [1.29, 1.82) is 0 Å². The molecule has 1 heterocycles. The van der Waals surface area contributed by atoms with E-state index in [0.717, 1.165) is 6.07 Å². The molecule has 86 valence electrons. The monoisotopic (exact) mass is 261 g/mol. The quantitative estimate of drug-likeness (QED) is 0.778. The highest BCUT2D eigenvalue weighted by Crippen LogP contribution is 2.30. The van der Waals surface area contributed by atoms with Gasteiger partial charge in [0.15, 0.2) is 0 Å². The van der Waals surface area contributed by atoms with E-state index in [1.54, 1.807) is 6.92 Å². The maximum absolute atomic E-state index is 13.2. The highest BCUT2D eigenvalue weighted by Gasteiger charge is 2.25. The van der Waals surface area contributed by atoms with E-state index in [1.807, 2.05) is 0 Å². The van der Waals surface area contributed by atoms with Crippen LogP contribution in [0.25, 0.3) is 0 Å². The fourth-order valence-electron chi connectivity index (χ4n) is 1.46. The largest absolute Gasteiger partial charge is 0.325 e. The smallest absolute Gasteiger partial charge is 0.228 e. The molecule has 1 aromatic carbocycles. The highest BCUT2D eigenvalue weighted by atomic mass is 35.5. The Labute approximate surface area is 99.4 Å². The Kier molecular flexibility index (Phi) is 2.99. The summed E-state index contributed by atoms with van der Waals surface area (Å²) in [6.45, 7) is 1.68. The summed E-state index contributed by atoms with van der Waals surface area (Å²) in [5.74, 6) is -1.03. The van der Waals surface area contributed by atoms with Crippen molar-refractivity contribution in [1.82, 2.24) is 0 Å². The third-order valence-corrected chi connectivity index (χ3v) is 4.30. The Morgan fingerprint density at radius 3 is 2.94 bits per heavy atom. The summed E-state index contributed by atoms with van der Waals surface area (Å²) >= 11 is 5.61. The van der Waals surface area contributed by atoms with Crippen molar-refractivity contribution in [2.45, 2.75) is 11.8 Å². The van der Waals surface area contributed by atoms with Crippen LogP contribution < -0.4 is 5.32 Å². The Morgan fingerprint density at radius 1 is 1.56 bits per heavy atom. The molecule has 0 bridgehead atoms. The van der Waals surface area contributed by atoms with E-state index in [1.165, 1.54) is 6.07 Å². The van der Waals surface area contributed by atoms with Gasteiger partial charge in [0.1, 0.15) is 5.82 Å². The third-order valence-electron chi connectivity index (χ3n) is 2.37. The first-order chi connectivity index (χ1) is 7.49. The van der Waals surface area contributed by atoms with Crippen LogP contribution in [0.1, 0.15) is 6.92 Å². The van der Waals surface area contributed by atoms with Crippen LogP contribution >= 0.6 is 11.6 Å². The van der Waals surface area contributed by atoms with Crippen LogP contribution in [0, 0.1) is 11.7 Å². The molecule has 1 aliphatic heterocycles. The first kappa shape index (κ1) is 11.5. The second-order valence-corrected chi connectivity index (χ2v) is 5.54. The second kappa shape index (κ2) is 4.14. The fraction of sp³-hybridized carbons (Fsp3) is 0.300. The van der Waals surface area contributed by atoms with Gasteiger partial charge >= 0.3 is 0 Å². The minimum absolute atomic E-state index is 0.0920. The van der Waals surface area contributed by atoms with Gasteiger partial charge in [-0.05, 0) is 12.1 Å². The minimum atomic E-state index is -1.38. The lowest BCUT2D eigenvalue weighted by Crippen LogP contribution is -2.21. The summed E-state index contributed by atoms with van der Waals surface area (Å²) in [7, 11) is -1.38. The summed E-state index contributed by atoms with van der Waals surface area (Å²) in [5, 5.41) is 2.50. The summed E-state index contributed by atoms with van der Waals surface area (Å²) in [6.07, 6.45) is 0. The molecule has 0 fully saturated rings. The molecule has 1 aromatic rings. The summed E-state index contributed by atoms with van der Waals surface area (Å²) in [6, 6.07) is 2.41. The summed E-state index contributed by atoms with van der Waals surface area (Å²) in [5.41, 5.74) is 0.332. The van der Waals surface area contributed by atoms with E-state index in [4.69, 9.17) is 11.6 Å². The summed E-state index contributed by atoms with van der Waals surface area (Å²) < 4.78 is 25.1. The molecular weight excluding hydrogens is 253 g/mol. The number of carbonyl (C=O) groups excluding carboxylic acids is 1. The second-order valence-electron chi connectivity index (χ2n) is 3.66. The van der Waals surface area contributed by atoms with E-state index in [-0.39, 0.29) is 22.6 Å². The molecule has 2 rings (SSSR count). The van der Waals surface area contributed by atoms with E-state index < -0.39 is 16.6 Å². The van der Waals surface area contributed by atoms with E-state index in [0.29, 0.717) is 10.6 Å². The van der Waals surface area contributed by atoms with Crippen molar-refractivity contribution >= 4 is 34.0 Å². The molecule has 6 heteroatoms. The number of rotatable bonds is 0. The molecule has 0 spiro atoms. The SMILES string of the molecule is CC1CS(=O)c2cc(F)c(Cl)cc2NC1=O. The number of hydrogen-bond acceptors (Lipinski definition) is 2. The van der Waals surface area contributed by atoms with Crippen molar-refractivity contribution in [3.05, 3.63) is 23.0 Å². The van der Waals surface area contributed by atoms with E-state index >= 15 is 0 Å². The average Bonchev–Trinajstić information content (AvgIpc) is 2.30. The van der Waals surface area contributed by atoms with Crippen LogP contribution in [-0.4, -0.2) is 15.9 Å². The minimum Gasteiger partial charge on any atom is -0.325 e. The highest BCUT2D eigenvalue weighted by molar-refractivity contribution is 7.85. The summed E-state index contributed by atoms with van der Waals surface area (Å²) in [4.78, 5) is 11.8. The van der Waals surface area contributed by atoms with Gasteiger partial charge in [0.25, 0.3) is 0 Å². The van der Waals surface area contributed by atoms with E-state index in [9.17, 15) is 13.4 Å². The number of anilines is 1. The molecule has 0 saturated heterocycles. The van der Waals surface area contributed by atoms with Gasteiger partial charge in [0, 0.05) is 11.7 Å². The van der Waals surface area contributed by atoms with Crippen molar-refractivity contribution in [3.63, 3.8) is 0 Å². The maximum atomic E-state index is 13.2.